The number of hydrogen-bond acceptors (Lipinski definition) is 7. The largest absolute Gasteiger partial charge is 0.756 e. The zero-order chi connectivity index (χ0) is 57.2. The summed E-state index contributed by atoms with van der Waals surface area (Å²) in [6, 6.07) is -0.934. The lowest BCUT2D eigenvalue weighted by molar-refractivity contribution is -0.870. The van der Waals surface area contributed by atoms with Gasteiger partial charge < -0.3 is 28.5 Å². The predicted molar refractivity (Wildman–Crippen MR) is 334 cm³/mol. The van der Waals surface area contributed by atoms with Crippen molar-refractivity contribution in [3.8, 4) is 0 Å². The van der Waals surface area contributed by atoms with Gasteiger partial charge in [-0.2, -0.15) is 0 Å². The fraction of sp³-hybridized carbons (Fsp3) is 0.588. The fourth-order valence-electron chi connectivity index (χ4n) is 7.73. The van der Waals surface area contributed by atoms with E-state index in [0.29, 0.717) is 23.9 Å². The molecular formula is C68H111N2O7P. The first-order valence-electron chi connectivity index (χ1n) is 30.4. The number of amides is 1. The van der Waals surface area contributed by atoms with Crippen molar-refractivity contribution in [2.75, 3.05) is 40.9 Å². The normalized spacial score (nSPS) is 14.8. The van der Waals surface area contributed by atoms with Gasteiger partial charge in [0.2, 0.25) is 5.91 Å². The Labute approximate surface area is 478 Å². The van der Waals surface area contributed by atoms with Gasteiger partial charge in [0.1, 0.15) is 19.3 Å². The molecule has 0 bridgehead atoms. The van der Waals surface area contributed by atoms with Gasteiger partial charge in [0.25, 0.3) is 7.82 Å². The number of likely N-dealkylation sites (N-methyl/N-ethyl adjacent to an activating group) is 1. The molecule has 10 heteroatoms. The average Bonchev–Trinajstić information content (AvgIpc) is 3.40. The third-order valence-electron chi connectivity index (χ3n) is 12.4. The van der Waals surface area contributed by atoms with E-state index in [9.17, 15) is 19.0 Å². The topological polar surface area (TPSA) is 114 Å². The Bertz CT molecular complexity index is 1890. The van der Waals surface area contributed by atoms with E-state index < -0.39 is 32.5 Å². The summed E-state index contributed by atoms with van der Waals surface area (Å²) in [4.78, 5) is 40.0. The minimum absolute atomic E-state index is 0.0454. The van der Waals surface area contributed by atoms with Crippen molar-refractivity contribution in [3.63, 3.8) is 0 Å². The molecule has 0 radical (unpaired) electrons. The highest BCUT2D eigenvalue weighted by Gasteiger charge is 2.27. The number of nitrogens with zero attached hydrogens (tertiary/aromatic N) is 1. The maximum atomic E-state index is 13.5. The molecule has 1 N–H and O–H groups in total. The van der Waals surface area contributed by atoms with Crippen molar-refractivity contribution in [1.29, 1.82) is 0 Å². The number of nitrogens with one attached hydrogen (secondary N) is 1. The van der Waals surface area contributed by atoms with Crippen LogP contribution in [-0.2, 0) is 27.9 Å². The van der Waals surface area contributed by atoms with Gasteiger partial charge in [-0.3, -0.25) is 14.2 Å². The van der Waals surface area contributed by atoms with Gasteiger partial charge in [-0.25, -0.2) is 0 Å². The smallest absolute Gasteiger partial charge is 0.306 e. The number of allylic oxidation sites excluding steroid dienone is 25. The number of hydrogen-bond donors (Lipinski definition) is 1. The van der Waals surface area contributed by atoms with Gasteiger partial charge >= 0.3 is 5.97 Å². The number of carbonyl (C=O) groups is 2. The van der Waals surface area contributed by atoms with Gasteiger partial charge in [0.15, 0.2) is 0 Å². The molecule has 0 saturated carbocycles. The number of unbranched alkanes of at least 4 members (excludes halogenated alkanes) is 17. The lowest BCUT2D eigenvalue weighted by Gasteiger charge is -2.30. The number of ether oxygens (including phenoxy) is 1. The summed E-state index contributed by atoms with van der Waals surface area (Å²) in [5.41, 5.74) is 0. The van der Waals surface area contributed by atoms with Crippen molar-refractivity contribution in [2.45, 2.75) is 219 Å². The van der Waals surface area contributed by atoms with Crippen LogP contribution in [0.2, 0.25) is 0 Å². The van der Waals surface area contributed by atoms with E-state index in [1.807, 2.05) is 88.0 Å². The first-order chi connectivity index (χ1) is 37.9. The lowest BCUT2D eigenvalue weighted by Crippen LogP contribution is -2.47. The molecule has 0 fully saturated rings. The summed E-state index contributed by atoms with van der Waals surface area (Å²) >= 11 is 0. The summed E-state index contributed by atoms with van der Waals surface area (Å²) in [6.45, 7) is 6.50. The maximum Gasteiger partial charge on any atom is 0.306 e. The molecule has 3 unspecified atom stereocenters. The Kier molecular flexibility index (Phi) is 52.8. The molecule has 0 aromatic rings. The van der Waals surface area contributed by atoms with Crippen LogP contribution >= 0.6 is 7.82 Å². The molecule has 0 aliphatic rings. The van der Waals surface area contributed by atoms with E-state index in [0.717, 1.165) is 109 Å². The summed E-state index contributed by atoms with van der Waals surface area (Å²) in [5, 5.41) is 2.99. The van der Waals surface area contributed by atoms with Crippen LogP contribution in [0.3, 0.4) is 0 Å². The van der Waals surface area contributed by atoms with Crippen LogP contribution in [-0.4, -0.2) is 69.4 Å². The van der Waals surface area contributed by atoms with E-state index in [1.165, 1.54) is 51.4 Å². The van der Waals surface area contributed by atoms with Crippen molar-refractivity contribution in [1.82, 2.24) is 5.32 Å². The minimum Gasteiger partial charge on any atom is -0.756 e. The van der Waals surface area contributed by atoms with Gasteiger partial charge in [-0.05, 0) is 102 Å². The van der Waals surface area contributed by atoms with E-state index >= 15 is 0 Å². The van der Waals surface area contributed by atoms with Crippen molar-refractivity contribution >= 4 is 19.7 Å². The second kappa shape index (κ2) is 55.9. The van der Waals surface area contributed by atoms with E-state index in [1.54, 1.807) is 6.08 Å². The molecule has 9 nitrogen and oxygen atoms in total. The Morgan fingerprint density at radius 1 is 0.474 bits per heavy atom. The number of quaternary nitrogens is 1. The molecular weight excluding hydrogens is 988 g/mol. The first-order valence-corrected chi connectivity index (χ1v) is 31.8. The van der Waals surface area contributed by atoms with Gasteiger partial charge in [0.05, 0.1) is 33.8 Å². The van der Waals surface area contributed by atoms with Crippen molar-refractivity contribution < 1.29 is 37.3 Å². The van der Waals surface area contributed by atoms with Gasteiger partial charge in [-0.15, -0.1) is 0 Å². The van der Waals surface area contributed by atoms with E-state index in [-0.39, 0.29) is 25.4 Å². The number of phosphoric acid groups is 1. The van der Waals surface area contributed by atoms with Crippen LogP contribution < -0.4 is 10.2 Å². The highest BCUT2D eigenvalue weighted by molar-refractivity contribution is 7.45. The highest BCUT2D eigenvalue weighted by atomic mass is 31.2. The molecule has 0 spiro atoms. The summed E-state index contributed by atoms with van der Waals surface area (Å²) < 4.78 is 30.2. The summed E-state index contributed by atoms with van der Waals surface area (Å²) in [6.07, 6.45) is 82.1. The lowest BCUT2D eigenvalue weighted by atomic mass is 10.1. The summed E-state index contributed by atoms with van der Waals surface area (Å²) in [5.74, 6) is -0.637. The van der Waals surface area contributed by atoms with Crippen LogP contribution in [0.15, 0.2) is 158 Å². The summed E-state index contributed by atoms with van der Waals surface area (Å²) in [7, 11) is 1.11. The van der Waals surface area contributed by atoms with Crippen LogP contribution in [0.5, 0.6) is 0 Å². The molecule has 1 amide bonds. The molecule has 78 heavy (non-hydrogen) atoms. The predicted octanol–water partition coefficient (Wildman–Crippen LogP) is 18.2. The van der Waals surface area contributed by atoms with Gasteiger partial charge in [-0.1, -0.05) is 250 Å². The second-order valence-electron chi connectivity index (χ2n) is 20.9. The van der Waals surface area contributed by atoms with Crippen LogP contribution in [0.1, 0.15) is 207 Å². The Morgan fingerprint density at radius 2 is 0.885 bits per heavy atom. The van der Waals surface area contributed by atoms with Crippen LogP contribution in [0.25, 0.3) is 0 Å². The standard InChI is InChI=1S/C68H111N2O7P/c1-7-10-13-16-19-22-25-28-30-32-33-34-35-36-37-39-40-42-45-48-51-54-57-60-67(71)69-65(64-76-78(73,74)75-63-62-70(4,5)6)66(59-56-53-50-47-44-27-24-21-18-15-12-9-3)77-68(72)61-58-55-52-49-46-43-41-38-31-29-26-23-20-17-14-11-8-2/h10-11,13-14,17,19-20,22-23,26,28-31,33-34,36-38,40-43,46,56,59,65-66H,7-9,12,15-16,18,21,24-25,27,32,35,39,44-45,47-55,57-58,60-64H2,1-6H3,(H-,69,71,73,74)/b13-10-,14-11-,20-17+,22-19-,26-23+,30-28-,31-29-,34-33-,37-36-,41-38+,42-40-,46-43+,59-56-. The first kappa shape index (κ1) is 73.6. The van der Waals surface area contributed by atoms with Crippen LogP contribution in [0.4, 0.5) is 0 Å². The zero-order valence-corrected chi connectivity index (χ0v) is 50.9. The fourth-order valence-corrected chi connectivity index (χ4v) is 8.45. The third-order valence-corrected chi connectivity index (χ3v) is 13.3. The molecule has 0 aliphatic carbocycles. The molecule has 0 heterocycles. The zero-order valence-electron chi connectivity index (χ0n) is 50.0. The quantitative estimate of drug-likeness (QED) is 0.0161. The number of esters is 1. The van der Waals surface area contributed by atoms with E-state index in [2.05, 4.69) is 111 Å². The Hall–Kier alpha value is -4.37. The molecule has 3 atom stereocenters. The molecule has 0 aromatic carbocycles. The molecule has 0 saturated heterocycles. The van der Waals surface area contributed by atoms with Crippen molar-refractivity contribution in [3.05, 3.63) is 158 Å². The molecule has 0 aliphatic heterocycles. The SMILES string of the molecule is CC\C=C/C=C/C=C/C=C\C=C\C=C\CCCCCC(=O)OC(/C=C\CCCCCCCCCCCC)C(COP(=O)([O-])OCC[N+](C)(C)C)NC(=O)CCCCCC/C=C\C/C=C\C/C=C\C/C=C\C/C=C\C/C=C\CC. The number of phosphoric ester groups is 1. The van der Waals surface area contributed by atoms with Gasteiger partial charge in [0, 0.05) is 12.8 Å². The van der Waals surface area contributed by atoms with Crippen LogP contribution in [0, 0.1) is 0 Å². The Balaban J connectivity index is 5.41. The molecule has 0 rings (SSSR count). The maximum absolute atomic E-state index is 13.5. The molecule has 440 valence electrons. The Morgan fingerprint density at radius 3 is 1.40 bits per heavy atom. The number of carbonyl (C=O) groups excluding carboxylic acids is 2. The second-order valence-corrected chi connectivity index (χ2v) is 22.3. The average molecular weight is 1100 g/mol. The minimum atomic E-state index is -4.73. The third kappa shape index (κ3) is 56.4. The highest BCUT2D eigenvalue weighted by Crippen LogP contribution is 2.38. The molecule has 0 aromatic heterocycles. The number of rotatable bonds is 52. The van der Waals surface area contributed by atoms with Crippen molar-refractivity contribution in [2.24, 2.45) is 0 Å². The monoisotopic (exact) mass is 1100 g/mol. The van der Waals surface area contributed by atoms with E-state index in [4.69, 9.17) is 13.8 Å².